The zero-order chi connectivity index (χ0) is 14.9. The number of rotatable bonds is 2. The minimum Gasteiger partial charge on any atom is -0.354 e. The van der Waals surface area contributed by atoms with E-state index in [1.165, 1.54) is 43.4 Å². The number of anilines is 1. The highest BCUT2D eigenvalue weighted by molar-refractivity contribution is 5.92. The largest absolute Gasteiger partial charge is 0.354 e. The summed E-state index contributed by atoms with van der Waals surface area (Å²) in [5, 5.41) is 2.57. The fourth-order valence-electron chi connectivity index (χ4n) is 3.77. The Morgan fingerprint density at radius 3 is 2.68 bits per heavy atom. The van der Waals surface area contributed by atoms with Crippen LogP contribution in [0.2, 0.25) is 0 Å². The smallest absolute Gasteiger partial charge is 0.136 e. The van der Waals surface area contributed by atoms with Gasteiger partial charge in [0.25, 0.3) is 0 Å². The summed E-state index contributed by atoms with van der Waals surface area (Å²) in [7, 11) is 2.22. The number of fused-ring (bicyclic) bond motifs is 1. The highest BCUT2D eigenvalue weighted by atomic mass is 15.3. The highest BCUT2D eigenvalue weighted by Gasteiger charge is 2.30. The molecule has 1 aromatic heterocycles. The first-order valence-corrected chi connectivity index (χ1v) is 8.32. The molecule has 4 heteroatoms. The Morgan fingerprint density at radius 1 is 1.00 bits per heavy atom. The monoisotopic (exact) mass is 296 g/mol. The van der Waals surface area contributed by atoms with Crippen LogP contribution in [0.15, 0.2) is 36.5 Å². The molecular weight excluding hydrogens is 272 g/mol. The van der Waals surface area contributed by atoms with Gasteiger partial charge in [0.05, 0.1) is 0 Å². The molecule has 0 radical (unpaired) electrons. The maximum atomic E-state index is 4.68. The molecule has 22 heavy (non-hydrogen) atoms. The van der Waals surface area contributed by atoms with Crippen molar-refractivity contribution in [3.63, 3.8) is 0 Å². The van der Waals surface area contributed by atoms with E-state index in [4.69, 9.17) is 0 Å². The molecule has 116 valence electrons. The second kappa shape index (κ2) is 5.86. The molecule has 2 aliphatic heterocycles. The zero-order valence-corrected chi connectivity index (χ0v) is 13.3. The number of benzene rings is 1. The Hall–Kier alpha value is -1.65. The summed E-state index contributed by atoms with van der Waals surface area (Å²) in [6.45, 7) is 7.05. The summed E-state index contributed by atoms with van der Waals surface area (Å²) >= 11 is 0. The van der Waals surface area contributed by atoms with Crippen LogP contribution in [0.3, 0.4) is 0 Å². The Morgan fingerprint density at radius 2 is 1.82 bits per heavy atom. The normalized spacial score (nSPS) is 24.2. The summed E-state index contributed by atoms with van der Waals surface area (Å²) in [6, 6.07) is 11.4. The van der Waals surface area contributed by atoms with Crippen LogP contribution in [0.25, 0.3) is 10.8 Å². The molecule has 2 saturated heterocycles. The SMILES string of the molecule is CN1CCN([C@H]2CCN(c3nccc4ccccc34)C2)CC1. The van der Waals surface area contributed by atoms with Crippen molar-refractivity contribution in [1.82, 2.24) is 14.8 Å². The summed E-state index contributed by atoms with van der Waals surface area (Å²) < 4.78 is 0. The Bertz CT molecular complexity index is 643. The number of likely N-dealkylation sites (N-methyl/N-ethyl adjacent to an activating group) is 1. The number of pyridine rings is 1. The number of aromatic nitrogens is 1. The number of nitrogens with zero attached hydrogens (tertiary/aromatic N) is 4. The first-order chi connectivity index (χ1) is 10.8. The number of hydrogen-bond acceptors (Lipinski definition) is 4. The van der Waals surface area contributed by atoms with E-state index in [0.717, 1.165) is 18.9 Å². The second-order valence-electron chi connectivity index (χ2n) is 6.58. The van der Waals surface area contributed by atoms with Crippen molar-refractivity contribution in [1.29, 1.82) is 0 Å². The third-order valence-electron chi connectivity index (χ3n) is 5.17. The second-order valence-corrected chi connectivity index (χ2v) is 6.58. The predicted octanol–water partition coefficient (Wildman–Crippen LogP) is 2.06. The van der Waals surface area contributed by atoms with Gasteiger partial charge in [-0.2, -0.15) is 0 Å². The van der Waals surface area contributed by atoms with E-state index in [9.17, 15) is 0 Å². The Labute approximate surface area is 132 Å². The van der Waals surface area contributed by atoms with Gasteiger partial charge in [0.1, 0.15) is 5.82 Å². The maximum Gasteiger partial charge on any atom is 0.136 e. The zero-order valence-electron chi connectivity index (χ0n) is 13.3. The third kappa shape index (κ3) is 2.57. The van der Waals surface area contributed by atoms with Crippen molar-refractivity contribution >= 4 is 16.6 Å². The van der Waals surface area contributed by atoms with Crippen molar-refractivity contribution in [3.8, 4) is 0 Å². The summed E-state index contributed by atoms with van der Waals surface area (Å²) in [4.78, 5) is 12.3. The first kappa shape index (κ1) is 14.0. The van der Waals surface area contributed by atoms with Gasteiger partial charge >= 0.3 is 0 Å². The lowest BCUT2D eigenvalue weighted by Crippen LogP contribution is -2.49. The topological polar surface area (TPSA) is 22.6 Å². The molecule has 0 unspecified atom stereocenters. The predicted molar refractivity (Wildman–Crippen MR) is 91.4 cm³/mol. The van der Waals surface area contributed by atoms with E-state index in [0.29, 0.717) is 6.04 Å². The average molecular weight is 296 g/mol. The lowest BCUT2D eigenvalue weighted by Gasteiger charge is -2.36. The lowest BCUT2D eigenvalue weighted by molar-refractivity contribution is 0.120. The van der Waals surface area contributed by atoms with Gasteiger partial charge in [0.15, 0.2) is 0 Å². The molecule has 4 nitrogen and oxygen atoms in total. The third-order valence-corrected chi connectivity index (χ3v) is 5.17. The van der Waals surface area contributed by atoms with Gasteiger partial charge in [-0.15, -0.1) is 0 Å². The molecule has 0 amide bonds. The molecule has 4 rings (SSSR count). The minimum atomic E-state index is 0.689. The summed E-state index contributed by atoms with van der Waals surface area (Å²) in [6.07, 6.45) is 3.20. The van der Waals surface area contributed by atoms with E-state index in [2.05, 4.69) is 57.1 Å². The van der Waals surface area contributed by atoms with Crippen molar-refractivity contribution in [2.24, 2.45) is 0 Å². The Kier molecular flexibility index (Phi) is 3.72. The standard InChI is InChI=1S/C18H24N4/c1-20-10-12-21(13-11-20)16-7-9-22(14-16)18-17-5-3-2-4-15(17)6-8-19-18/h2-6,8,16H,7,9-14H2,1H3/t16-/m0/s1. The molecule has 0 bridgehead atoms. The molecule has 2 fully saturated rings. The molecule has 2 aliphatic rings. The molecule has 3 heterocycles. The summed E-state index contributed by atoms with van der Waals surface area (Å²) in [5.74, 6) is 1.16. The fourth-order valence-corrected chi connectivity index (χ4v) is 3.77. The minimum absolute atomic E-state index is 0.689. The molecule has 0 saturated carbocycles. The van der Waals surface area contributed by atoms with Crippen LogP contribution in [0.4, 0.5) is 5.82 Å². The van der Waals surface area contributed by atoms with E-state index in [1.807, 2.05) is 6.20 Å². The van der Waals surface area contributed by atoms with Crippen molar-refractivity contribution in [2.75, 3.05) is 51.2 Å². The highest BCUT2D eigenvalue weighted by Crippen LogP contribution is 2.28. The molecular formula is C18H24N4. The van der Waals surface area contributed by atoms with E-state index >= 15 is 0 Å². The van der Waals surface area contributed by atoms with Gasteiger partial charge in [-0.25, -0.2) is 4.98 Å². The summed E-state index contributed by atoms with van der Waals surface area (Å²) in [5.41, 5.74) is 0. The van der Waals surface area contributed by atoms with Gasteiger partial charge in [0.2, 0.25) is 0 Å². The quantitative estimate of drug-likeness (QED) is 0.846. The first-order valence-electron chi connectivity index (χ1n) is 8.32. The van der Waals surface area contributed by atoms with Gasteiger partial charge in [-0.1, -0.05) is 24.3 Å². The van der Waals surface area contributed by atoms with E-state index in [-0.39, 0.29) is 0 Å². The molecule has 2 aromatic rings. The van der Waals surface area contributed by atoms with Crippen molar-refractivity contribution in [2.45, 2.75) is 12.5 Å². The van der Waals surface area contributed by atoms with Gasteiger partial charge < -0.3 is 9.80 Å². The van der Waals surface area contributed by atoms with Crippen LogP contribution in [0, 0.1) is 0 Å². The van der Waals surface area contributed by atoms with E-state index in [1.54, 1.807) is 0 Å². The molecule has 0 N–H and O–H groups in total. The number of hydrogen-bond donors (Lipinski definition) is 0. The molecule has 0 aliphatic carbocycles. The van der Waals surface area contributed by atoms with Crippen LogP contribution >= 0.6 is 0 Å². The van der Waals surface area contributed by atoms with Crippen LogP contribution in [-0.2, 0) is 0 Å². The fraction of sp³-hybridized carbons (Fsp3) is 0.500. The van der Waals surface area contributed by atoms with Crippen LogP contribution in [-0.4, -0.2) is 67.1 Å². The molecule has 1 aromatic carbocycles. The number of piperazine rings is 1. The van der Waals surface area contributed by atoms with Crippen molar-refractivity contribution in [3.05, 3.63) is 36.5 Å². The van der Waals surface area contributed by atoms with Crippen LogP contribution in [0.1, 0.15) is 6.42 Å². The average Bonchev–Trinajstić information content (AvgIpc) is 3.05. The van der Waals surface area contributed by atoms with Crippen molar-refractivity contribution < 1.29 is 0 Å². The van der Waals surface area contributed by atoms with Gasteiger partial charge in [-0.3, -0.25) is 4.90 Å². The molecule has 1 atom stereocenters. The van der Waals surface area contributed by atoms with Crippen LogP contribution < -0.4 is 4.90 Å². The Balaban J connectivity index is 1.52. The van der Waals surface area contributed by atoms with E-state index < -0.39 is 0 Å². The molecule has 0 spiro atoms. The van der Waals surface area contributed by atoms with Gasteiger partial charge in [0, 0.05) is 56.9 Å². The van der Waals surface area contributed by atoms with Crippen LogP contribution in [0.5, 0.6) is 0 Å². The maximum absolute atomic E-state index is 4.68. The van der Waals surface area contributed by atoms with Gasteiger partial charge in [-0.05, 0) is 24.9 Å². The lowest BCUT2D eigenvalue weighted by atomic mass is 10.1.